The molecule has 0 aromatic carbocycles. The number of rotatable bonds is 4. The van der Waals surface area contributed by atoms with E-state index in [0.717, 1.165) is 19.0 Å². The van der Waals surface area contributed by atoms with Gasteiger partial charge in [0.2, 0.25) is 5.88 Å². The standard InChI is InChI=1S/C11H15F3N2O/c1-4-7(2)9-5-16-10(6-15-9)17-8(3)11(12,13)14/h5-8H,4H2,1-3H3. The van der Waals surface area contributed by atoms with Gasteiger partial charge in [-0.05, 0) is 19.3 Å². The summed E-state index contributed by atoms with van der Waals surface area (Å²) in [5.74, 6) is 0.124. The van der Waals surface area contributed by atoms with E-state index in [0.29, 0.717) is 0 Å². The van der Waals surface area contributed by atoms with Crippen molar-refractivity contribution >= 4 is 0 Å². The van der Waals surface area contributed by atoms with E-state index in [2.05, 4.69) is 14.7 Å². The Morgan fingerprint density at radius 2 is 1.88 bits per heavy atom. The molecule has 96 valence electrons. The topological polar surface area (TPSA) is 35.0 Å². The van der Waals surface area contributed by atoms with Crippen LogP contribution in [0.1, 0.15) is 38.8 Å². The predicted octanol–water partition coefficient (Wildman–Crippen LogP) is 3.32. The second-order valence-corrected chi connectivity index (χ2v) is 3.89. The predicted molar refractivity (Wildman–Crippen MR) is 56.9 cm³/mol. The highest BCUT2D eigenvalue weighted by Gasteiger charge is 2.38. The van der Waals surface area contributed by atoms with Crippen molar-refractivity contribution in [2.24, 2.45) is 0 Å². The van der Waals surface area contributed by atoms with Crippen molar-refractivity contribution in [2.45, 2.75) is 45.4 Å². The highest BCUT2D eigenvalue weighted by atomic mass is 19.4. The first-order valence-electron chi connectivity index (χ1n) is 5.40. The Morgan fingerprint density at radius 1 is 1.24 bits per heavy atom. The van der Waals surface area contributed by atoms with E-state index >= 15 is 0 Å². The van der Waals surface area contributed by atoms with Gasteiger partial charge < -0.3 is 4.74 Å². The van der Waals surface area contributed by atoms with Gasteiger partial charge in [0.25, 0.3) is 0 Å². The van der Waals surface area contributed by atoms with Crippen LogP contribution in [0, 0.1) is 0 Å². The van der Waals surface area contributed by atoms with Crippen molar-refractivity contribution in [3.05, 3.63) is 18.1 Å². The number of hydrogen-bond acceptors (Lipinski definition) is 3. The van der Waals surface area contributed by atoms with Crippen LogP contribution >= 0.6 is 0 Å². The second-order valence-electron chi connectivity index (χ2n) is 3.89. The maximum absolute atomic E-state index is 12.2. The quantitative estimate of drug-likeness (QED) is 0.819. The monoisotopic (exact) mass is 248 g/mol. The molecule has 1 rings (SSSR count). The van der Waals surface area contributed by atoms with E-state index in [1.54, 1.807) is 0 Å². The first kappa shape index (κ1) is 13.7. The molecule has 0 radical (unpaired) electrons. The van der Waals surface area contributed by atoms with Crippen molar-refractivity contribution in [1.82, 2.24) is 9.97 Å². The molecule has 3 nitrogen and oxygen atoms in total. The summed E-state index contributed by atoms with van der Waals surface area (Å²) in [5.41, 5.74) is 0.750. The van der Waals surface area contributed by atoms with E-state index in [9.17, 15) is 13.2 Å². The van der Waals surface area contributed by atoms with Gasteiger partial charge in [0, 0.05) is 0 Å². The van der Waals surface area contributed by atoms with Gasteiger partial charge in [-0.2, -0.15) is 13.2 Å². The van der Waals surface area contributed by atoms with Gasteiger partial charge in [-0.1, -0.05) is 13.8 Å². The summed E-state index contributed by atoms with van der Waals surface area (Å²) in [6.45, 7) is 4.91. The molecule has 0 fully saturated rings. The lowest BCUT2D eigenvalue weighted by Crippen LogP contribution is -2.31. The maximum Gasteiger partial charge on any atom is 0.425 e. The Bertz CT molecular complexity index is 351. The Morgan fingerprint density at radius 3 is 2.29 bits per heavy atom. The average Bonchev–Trinajstić information content (AvgIpc) is 2.27. The lowest BCUT2D eigenvalue weighted by atomic mass is 10.1. The summed E-state index contributed by atoms with van der Waals surface area (Å²) in [4.78, 5) is 7.85. The van der Waals surface area contributed by atoms with Gasteiger partial charge >= 0.3 is 6.18 Å². The Kier molecular flexibility index (Phi) is 4.31. The van der Waals surface area contributed by atoms with E-state index in [4.69, 9.17) is 0 Å². The Labute approximate surface area is 98.0 Å². The van der Waals surface area contributed by atoms with Crippen LogP contribution in [0.3, 0.4) is 0 Å². The summed E-state index contributed by atoms with van der Waals surface area (Å²) in [5, 5.41) is 0. The Balaban J connectivity index is 2.69. The third-order valence-electron chi connectivity index (χ3n) is 2.52. The average molecular weight is 248 g/mol. The number of ether oxygens (including phenoxy) is 1. The van der Waals surface area contributed by atoms with Gasteiger partial charge in [-0.15, -0.1) is 0 Å². The smallest absolute Gasteiger partial charge is 0.425 e. The van der Waals surface area contributed by atoms with Crippen molar-refractivity contribution in [3.63, 3.8) is 0 Å². The minimum Gasteiger partial charge on any atom is -0.464 e. The molecule has 17 heavy (non-hydrogen) atoms. The van der Waals surface area contributed by atoms with Crippen LogP contribution in [0.25, 0.3) is 0 Å². The van der Waals surface area contributed by atoms with Crippen LogP contribution in [0.4, 0.5) is 13.2 Å². The summed E-state index contributed by atoms with van der Waals surface area (Å²) < 4.78 is 41.3. The molecule has 0 aliphatic heterocycles. The van der Waals surface area contributed by atoms with E-state index in [-0.39, 0.29) is 11.8 Å². The zero-order valence-corrected chi connectivity index (χ0v) is 9.95. The molecule has 1 aromatic heterocycles. The molecule has 0 N–H and O–H groups in total. The normalized spacial score (nSPS) is 15.4. The molecule has 1 heterocycles. The van der Waals surface area contributed by atoms with Gasteiger partial charge in [0.05, 0.1) is 18.1 Å². The van der Waals surface area contributed by atoms with E-state index < -0.39 is 12.3 Å². The van der Waals surface area contributed by atoms with Crippen molar-refractivity contribution in [3.8, 4) is 5.88 Å². The van der Waals surface area contributed by atoms with Crippen LogP contribution in [0.5, 0.6) is 5.88 Å². The van der Waals surface area contributed by atoms with Crippen molar-refractivity contribution in [1.29, 1.82) is 0 Å². The first-order chi connectivity index (χ1) is 7.84. The molecule has 0 bridgehead atoms. The fraction of sp³-hybridized carbons (Fsp3) is 0.636. The maximum atomic E-state index is 12.2. The molecule has 2 unspecified atom stereocenters. The summed E-state index contributed by atoms with van der Waals surface area (Å²) in [6.07, 6.45) is -2.70. The molecule has 0 spiro atoms. The zero-order valence-electron chi connectivity index (χ0n) is 9.95. The molecule has 2 atom stereocenters. The fourth-order valence-corrected chi connectivity index (χ4v) is 1.10. The van der Waals surface area contributed by atoms with Gasteiger partial charge in [0.1, 0.15) is 0 Å². The summed E-state index contributed by atoms with van der Waals surface area (Å²) in [6, 6.07) is 0. The Hall–Kier alpha value is -1.33. The third-order valence-corrected chi connectivity index (χ3v) is 2.52. The van der Waals surface area contributed by atoms with Gasteiger partial charge in [0.15, 0.2) is 6.10 Å². The molecular formula is C11H15F3N2O. The molecule has 6 heteroatoms. The number of aromatic nitrogens is 2. The summed E-state index contributed by atoms with van der Waals surface area (Å²) >= 11 is 0. The molecule has 0 saturated carbocycles. The van der Waals surface area contributed by atoms with Gasteiger partial charge in [-0.3, -0.25) is 4.98 Å². The lowest BCUT2D eigenvalue weighted by molar-refractivity contribution is -0.190. The van der Waals surface area contributed by atoms with Crippen LogP contribution in [0.15, 0.2) is 12.4 Å². The molecule has 1 aromatic rings. The van der Waals surface area contributed by atoms with Crippen LogP contribution in [0.2, 0.25) is 0 Å². The van der Waals surface area contributed by atoms with Crippen molar-refractivity contribution in [2.75, 3.05) is 0 Å². The van der Waals surface area contributed by atoms with E-state index in [1.807, 2.05) is 13.8 Å². The number of halogens is 3. The molecule has 0 amide bonds. The highest BCUT2D eigenvalue weighted by molar-refractivity contribution is 5.10. The largest absolute Gasteiger partial charge is 0.464 e. The second kappa shape index (κ2) is 5.33. The zero-order chi connectivity index (χ0) is 13.1. The number of hydrogen-bond donors (Lipinski definition) is 0. The van der Waals surface area contributed by atoms with E-state index in [1.165, 1.54) is 12.4 Å². The van der Waals surface area contributed by atoms with Crippen LogP contribution in [-0.2, 0) is 0 Å². The SMILES string of the molecule is CCC(C)c1cnc(OC(C)C(F)(F)F)cn1. The van der Waals surface area contributed by atoms with Crippen molar-refractivity contribution < 1.29 is 17.9 Å². The summed E-state index contributed by atoms with van der Waals surface area (Å²) in [7, 11) is 0. The lowest BCUT2D eigenvalue weighted by Gasteiger charge is -2.16. The highest BCUT2D eigenvalue weighted by Crippen LogP contribution is 2.24. The minimum absolute atomic E-state index is 0.109. The molecular weight excluding hydrogens is 233 g/mol. The molecule has 0 aliphatic rings. The van der Waals surface area contributed by atoms with Crippen LogP contribution in [-0.4, -0.2) is 22.2 Å². The molecule has 0 aliphatic carbocycles. The van der Waals surface area contributed by atoms with Crippen LogP contribution < -0.4 is 4.74 Å². The number of nitrogens with zero attached hydrogens (tertiary/aromatic N) is 2. The number of alkyl halides is 3. The fourth-order valence-electron chi connectivity index (χ4n) is 1.10. The minimum atomic E-state index is -4.39. The third kappa shape index (κ3) is 3.87. The van der Waals surface area contributed by atoms with Gasteiger partial charge in [-0.25, -0.2) is 4.98 Å². The molecule has 0 saturated heterocycles. The first-order valence-corrected chi connectivity index (χ1v) is 5.40.